The molecule has 0 saturated heterocycles. The van der Waals surface area contributed by atoms with E-state index in [2.05, 4.69) is 23.2 Å². The van der Waals surface area contributed by atoms with Gasteiger partial charge >= 0.3 is 0 Å². The zero-order valence-electron chi connectivity index (χ0n) is 13.4. The van der Waals surface area contributed by atoms with Crippen LogP contribution in [0, 0.1) is 0 Å². The first kappa shape index (κ1) is 14.7. The third kappa shape index (κ3) is 2.95. The predicted octanol–water partition coefficient (Wildman–Crippen LogP) is 3.13. The molecule has 0 saturated carbocycles. The fourth-order valence-electron chi connectivity index (χ4n) is 3.20. The first-order valence-electron chi connectivity index (χ1n) is 8.20. The van der Waals surface area contributed by atoms with Gasteiger partial charge in [0.1, 0.15) is 0 Å². The molecule has 1 aromatic heterocycles. The summed E-state index contributed by atoms with van der Waals surface area (Å²) in [7, 11) is 0. The van der Waals surface area contributed by atoms with E-state index in [0.29, 0.717) is 6.54 Å². The minimum Gasteiger partial charge on any atom is -0.334 e. The highest BCUT2D eigenvalue weighted by atomic mass is 16.2. The van der Waals surface area contributed by atoms with Gasteiger partial charge in [-0.3, -0.25) is 4.79 Å². The number of fused-ring (bicyclic) bond motifs is 1. The molecule has 1 aliphatic heterocycles. The predicted molar refractivity (Wildman–Crippen MR) is 92.7 cm³/mol. The average molecular weight is 317 g/mol. The standard InChI is InChI=1S/C20H19N3O/c24-20(23-11-9-17-3-1-2-4-19(17)14-23)18-7-5-16(6-8-18)13-22-12-10-21-15-22/h1-8,10,12,15H,9,11,13-14H2. The lowest BCUT2D eigenvalue weighted by molar-refractivity contribution is 0.0734. The summed E-state index contributed by atoms with van der Waals surface area (Å²) in [4.78, 5) is 18.7. The van der Waals surface area contributed by atoms with Crippen LogP contribution in [0.2, 0.25) is 0 Å². The first-order valence-corrected chi connectivity index (χ1v) is 8.20. The second kappa shape index (κ2) is 6.32. The molecule has 2 aromatic carbocycles. The molecule has 0 unspecified atom stereocenters. The van der Waals surface area contributed by atoms with Gasteiger partial charge in [0.15, 0.2) is 0 Å². The normalized spacial score (nSPS) is 13.6. The van der Waals surface area contributed by atoms with E-state index < -0.39 is 0 Å². The van der Waals surface area contributed by atoms with Gasteiger partial charge in [0.25, 0.3) is 5.91 Å². The van der Waals surface area contributed by atoms with Crippen molar-refractivity contribution < 1.29 is 4.79 Å². The van der Waals surface area contributed by atoms with Gasteiger partial charge in [0.2, 0.25) is 0 Å². The lowest BCUT2D eigenvalue weighted by atomic mass is 9.99. The maximum atomic E-state index is 12.7. The molecule has 1 aliphatic rings. The third-order valence-electron chi connectivity index (χ3n) is 4.54. The molecule has 0 aliphatic carbocycles. The fourth-order valence-corrected chi connectivity index (χ4v) is 3.20. The Bertz CT molecular complexity index is 838. The summed E-state index contributed by atoms with van der Waals surface area (Å²) >= 11 is 0. The van der Waals surface area contributed by atoms with Crippen LogP contribution in [0.25, 0.3) is 0 Å². The molecular weight excluding hydrogens is 298 g/mol. The Hall–Kier alpha value is -2.88. The lowest BCUT2D eigenvalue weighted by Crippen LogP contribution is -2.35. The number of hydrogen-bond donors (Lipinski definition) is 0. The van der Waals surface area contributed by atoms with Gasteiger partial charge in [-0.25, -0.2) is 4.98 Å². The number of rotatable bonds is 3. The maximum absolute atomic E-state index is 12.7. The van der Waals surface area contributed by atoms with Gasteiger partial charge in [-0.15, -0.1) is 0 Å². The molecule has 0 atom stereocenters. The largest absolute Gasteiger partial charge is 0.334 e. The summed E-state index contributed by atoms with van der Waals surface area (Å²) in [5.74, 6) is 0.110. The lowest BCUT2D eigenvalue weighted by Gasteiger charge is -2.29. The van der Waals surface area contributed by atoms with Crippen molar-refractivity contribution in [1.82, 2.24) is 14.5 Å². The van der Waals surface area contributed by atoms with Crippen molar-refractivity contribution >= 4 is 5.91 Å². The Morgan fingerprint density at radius 2 is 1.83 bits per heavy atom. The number of amides is 1. The second-order valence-electron chi connectivity index (χ2n) is 6.18. The van der Waals surface area contributed by atoms with Crippen molar-refractivity contribution in [3.05, 3.63) is 89.5 Å². The van der Waals surface area contributed by atoms with E-state index >= 15 is 0 Å². The van der Waals surface area contributed by atoms with Crippen LogP contribution in [-0.2, 0) is 19.5 Å². The highest BCUT2D eigenvalue weighted by molar-refractivity contribution is 5.94. The molecule has 0 fully saturated rings. The van der Waals surface area contributed by atoms with Gasteiger partial charge in [0.05, 0.1) is 6.33 Å². The summed E-state index contributed by atoms with van der Waals surface area (Å²) in [6.45, 7) is 2.25. The first-order chi connectivity index (χ1) is 11.8. The molecule has 120 valence electrons. The van der Waals surface area contributed by atoms with Crippen molar-refractivity contribution in [2.24, 2.45) is 0 Å². The van der Waals surface area contributed by atoms with Crippen LogP contribution in [-0.4, -0.2) is 26.9 Å². The number of carbonyl (C=O) groups is 1. The molecule has 4 heteroatoms. The quantitative estimate of drug-likeness (QED) is 0.744. The average Bonchev–Trinajstić information content (AvgIpc) is 3.14. The SMILES string of the molecule is O=C(c1ccc(Cn2ccnc2)cc1)N1CCc2ccccc2C1. The highest BCUT2D eigenvalue weighted by Gasteiger charge is 2.21. The fraction of sp³-hybridized carbons (Fsp3) is 0.200. The van der Waals surface area contributed by atoms with E-state index in [4.69, 9.17) is 0 Å². The highest BCUT2D eigenvalue weighted by Crippen LogP contribution is 2.20. The van der Waals surface area contributed by atoms with E-state index in [-0.39, 0.29) is 5.91 Å². The van der Waals surface area contributed by atoms with Crippen molar-refractivity contribution in [2.45, 2.75) is 19.5 Å². The van der Waals surface area contributed by atoms with E-state index in [9.17, 15) is 4.79 Å². The zero-order valence-corrected chi connectivity index (χ0v) is 13.4. The summed E-state index contributed by atoms with van der Waals surface area (Å²) < 4.78 is 2.01. The van der Waals surface area contributed by atoms with Gasteiger partial charge in [-0.05, 0) is 35.2 Å². The van der Waals surface area contributed by atoms with Crippen LogP contribution < -0.4 is 0 Å². The minimum absolute atomic E-state index is 0.110. The van der Waals surface area contributed by atoms with Gasteiger partial charge in [-0.2, -0.15) is 0 Å². The molecule has 4 nitrogen and oxygen atoms in total. The summed E-state index contributed by atoms with van der Waals surface area (Å²) in [6.07, 6.45) is 6.43. The van der Waals surface area contributed by atoms with Crippen molar-refractivity contribution in [2.75, 3.05) is 6.54 Å². The summed E-state index contributed by atoms with van der Waals surface area (Å²) in [5, 5.41) is 0. The monoisotopic (exact) mass is 317 g/mol. The molecule has 0 spiro atoms. The van der Waals surface area contributed by atoms with E-state index in [0.717, 1.165) is 30.6 Å². The van der Waals surface area contributed by atoms with E-state index in [1.165, 1.54) is 11.1 Å². The van der Waals surface area contributed by atoms with Gasteiger partial charge < -0.3 is 9.47 Å². The molecular formula is C20H19N3O. The van der Waals surface area contributed by atoms with Crippen molar-refractivity contribution in [3.63, 3.8) is 0 Å². The second-order valence-corrected chi connectivity index (χ2v) is 6.18. The van der Waals surface area contributed by atoms with E-state index in [1.807, 2.05) is 46.0 Å². The molecule has 3 aromatic rings. The van der Waals surface area contributed by atoms with Crippen LogP contribution in [0.4, 0.5) is 0 Å². The van der Waals surface area contributed by atoms with Crippen LogP contribution in [0.5, 0.6) is 0 Å². The Morgan fingerprint density at radius 3 is 2.58 bits per heavy atom. The third-order valence-corrected chi connectivity index (χ3v) is 4.54. The Kier molecular flexibility index (Phi) is 3.87. The van der Waals surface area contributed by atoms with Gasteiger partial charge in [0, 0.05) is 37.6 Å². The van der Waals surface area contributed by atoms with E-state index in [1.54, 1.807) is 12.5 Å². The molecule has 1 amide bonds. The smallest absolute Gasteiger partial charge is 0.254 e. The summed E-state index contributed by atoms with van der Waals surface area (Å²) in [5.41, 5.74) is 4.53. The topological polar surface area (TPSA) is 38.1 Å². The number of benzene rings is 2. The minimum atomic E-state index is 0.110. The van der Waals surface area contributed by atoms with Crippen LogP contribution in [0.3, 0.4) is 0 Å². The molecule has 0 bridgehead atoms. The summed E-state index contributed by atoms with van der Waals surface area (Å²) in [6, 6.07) is 16.3. The maximum Gasteiger partial charge on any atom is 0.254 e. The van der Waals surface area contributed by atoms with Crippen molar-refractivity contribution in [3.8, 4) is 0 Å². The van der Waals surface area contributed by atoms with Crippen molar-refractivity contribution in [1.29, 1.82) is 0 Å². The number of hydrogen-bond acceptors (Lipinski definition) is 2. The van der Waals surface area contributed by atoms with Crippen LogP contribution in [0.15, 0.2) is 67.3 Å². The number of aromatic nitrogens is 2. The number of carbonyl (C=O) groups excluding carboxylic acids is 1. The van der Waals surface area contributed by atoms with Crippen LogP contribution >= 0.6 is 0 Å². The Balaban J connectivity index is 1.47. The molecule has 0 radical (unpaired) electrons. The zero-order chi connectivity index (χ0) is 16.4. The molecule has 4 rings (SSSR count). The Morgan fingerprint density at radius 1 is 1.04 bits per heavy atom. The molecule has 0 N–H and O–H groups in total. The van der Waals surface area contributed by atoms with Gasteiger partial charge in [-0.1, -0.05) is 36.4 Å². The molecule has 24 heavy (non-hydrogen) atoms. The Labute approximate surface area is 141 Å². The number of imidazole rings is 1. The number of nitrogens with zero attached hydrogens (tertiary/aromatic N) is 3. The van der Waals surface area contributed by atoms with Crippen LogP contribution in [0.1, 0.15) is 27.0 Å². The molecule has 2 heterocycles.